The fourth-order valence-electron chi connectivity index (χ4n) is 9.06. The van der Waals surface area contributed by atoms with Crippen LogP contribution in [0.5, 0.6) is 0 Å². The van der Waals surface area contributed by atoms with Crippen molar-refractivity contribution in [2.24, 2.45) is 5.73 Å². The van der Waals surface area contributed by atoms with E-state index in [1.165, 1.54) is 62.8 Å². The summed E-state index contributed by atoms with van der Waals surface area (Å²) < 4.78 is 91.1. The zero-order valence-corrected chi connectivity index (χ0v) is 35.3. The molecule has 2 saturated heterocycles. The van der Waals surface area contributed by atoms with Crippen LogP contribution < -0.4 is 5.73 Å². The van der Waals surface area contributed by atoms with Gasteiger partial charge in [-0.3, -0.25) is 19.2 Å². The Morgan fingerprint density at radius 2 is 1.08 bits per heavy atom. The lowest BCUT2D eigenvalue weighted by Gasteiger charge is -2.33. The summed E-state index contributed by atoms with van der Waals surface area (Å²) in [5, 5.41) is 1.32. The summed E-state index contributed by atoms with van der Waals surface area (Å²) in [6.07, 6.45) is -6.91. The van der Waals surface area contributed by atoms with Crippen LogP contribution in [0.2, 0.25) is 10.0 Å². The number of halogens is 8. The van der Waals surface area contributed by atoms with Gasteiger partial charge in [0.15, 0.2) is 0 Å². The largest absolute Gasteiger partial charge is 0.430 e. The van der Waals surface area contributed by atoms with Gasteiger partial charge in [-0.25, -0.2) is 0 Å². The van der Waals surface area contributed by atoms with Crippen molar-refractivity contribution in [1.82, 2.24) is 18.9 Å². The van der Waals surface area contributed by atoms with Gasteiger partial charge in [-0.2, -0.15) is 26.3 Å². The maximum atomic E-state index is 14.1. The van der Waals surface area contributed by atoms with Gasteiger partial charge in [0.25, 0.3) is 23.9 Å². The molecule has 0 spiro atoms. The third kappa shape index (κ3) is 8.90. The van der Waals surface area contributed by atoms with Crippen LogP contribution in [-0.2, 0) is 33.2 Å². The van der Waals surface area contributed by atoms with Gasteiger partial charge < -0.3 is 29.4 Å². The van der Waals surface area contributed by atoms with Crippen molar-refractivity contribution >= 4 is 68.7 Å². The van der Waals surface area contributed by atoms with Crippen molar-refractivity contribution in [3.05, 3.63) is 141 Å². The molecule has 3 amide bonds. The predicted octanol–water partition coefficient (Wildman–Crippen LogP) is 10.2. The zero-order chi connectivity index (χ0) is 45.7. The molecule has 2 aliphatic heterocycles. The molecule has 334 valence electrons. The smallest absolute Gasteiger partial charge is 0.416 e. The number of nitrogens with two attached hydrogens (primary N) is 1. The van der Waals surface area contributed by atoms with Gasteiger partial charge >= 0.3 is 18.3 Å². The van der Waals surface area contributed by atoms with Crippen LogP contribution in [0.4, 0.5) is 26.3 Å². The zero-order valence-electron chi connectivity index (χ0n) is 33.8. The lowest BCUT2D eigenvalue weighted by Crippen LogP contribution is -2.38. The number of piperidine rings is 2. The maximum absolute atomic E-state index is 14.1. The molecule has 1 atom stereocenters. The third-order valence-corrected chi connectivity index (χ3v) is 12.6. The minimum absolute atomic E-state index is 0.117. The Morgan fingerprint density at radius 3 is 1.55 bits per heavy atom. The number of hydrogen-bond donors (Lipinski definition) is 1. The summed E-state index contributed by atoms with van der Waals surface area (Å²) in [5.74, 6) is -3.76. The number of rotatable bonds is 9. The number of carbonyl (C=O) groups is 4. The average molecular weight is 927 g/mol. The average Bonchev–Trinajstić information content (AvgIpc) is 3.81. The van der Waals surface area contributed by atoms with E-state index in [9.17, 15) is 45.5 Å². The topological polar surface area (TPSA) is 120 Å². The fraction of sp³-hybridized carbons (Fsp3) is 0.304. The SMILES string of the molecule is NC(=O)C(OC(=O)Cn1cc(C(=O)N2CCC(c3ccccc3C(F)(F)F)CC2)c2ccc(Cl)cc21)n1cc(C(=O)N2CCC(c3ccccc3C(F)(F)F)CC2)c2ccc(Cl)cc21. The molecular formula is C46H39Cl2F6N5O5. The highest BCUT2D eigenvalue weighted by molar-refractivity contribution is 6.32. The number of carbonyl (C=O) groups excluding carboxylic acids is 4. The van der Waals surface area contributed by atoms with E-state index >= 15 is 0 Å². The van der Waals surface area contributed by atoms with Gasteiger partial charge in [0.2, 0.25) is 0 Å². The number of ether oxygens (including phenoxy) is 1. The number of hydrogen-bond acceptors (Lipinski definition) is 5. The van der Waals surface area contributed by atoms with Crippen molar-refractivity contribution < 1.29 is 50.3 Å². The van der Waals surface area contributed by atoms with Crippen LogP contribution in [0, 0.1) is 0 Å². The molecule has 4 aromatic carbocycles. The first-order chi connectivity index (χ1) is 30.4. The molecule has 6 aromatic rings. The van der Waals surface area contributed by atoms with Crippen LogP contribution in [0.3, 0.4) is 0 Å². The number of esters is 1. The highest BCUT2D eigenvalue weighted by atomic mass is 35.5. The van der Waals surface area contributed by atoms with Gasteiger partial charge in [0, 0.05) is 59.4 Å². The molecule has 18 heteroatoms. The third-order valence-electron chi connectivity index (χ3n) is 12.1. The second-order valence-electron chi connectivity index (χ2n) is 16.0. The minimum atomic E-state index is -4.53. The maximum Gasteiger partial charge on any atom is 0.416 e. The lowest BCUT2D eigenvalue weighted by molar-refractivity contribution is -0.160. The number of amides is 3. The van der Waals surface area contributed by atoms with Gasteiger partial charge in [0.05, 0.1) is 33.3 Å². The van der Waals surface area contributed by atoms with Crippen molar-refractivity contribution in [3.8, 4) is 0 Å². The second kappa shape index (κ2) is 17.5. The number of alkyl halides is 6. The van der Waals surface area contributed by atoms with Crippen LogP contribution in [0.1, 0.15) is 86.7 Å². The molecule has 0 saturated carbocycles. The van der Waals surface area contributed by atoms with Gasteiger partial charge in [-0.05, 0) is 85.0 Å². The number of primary amides is 1. The molecule has 10 nitrogen and oxygen atoms in total. The summed E-state index contributed by atoms with van der Waals surface area (Å²) in [4.78, 5) is 58.0. The molecular weight excluding hydrogens is 887 g/mol. The molecule has 0 aliphatic carbocycles. The Labute approximate surface area is 372 Å². The Bertz CT molecular complexity index is 2790. The van der Waals surface area contributed by atoms with Crippen LogP contribution in [0.25, 0.3) is 21.8 Å². The van der Waals surface area contributed by atoms with E-state index in [0.717, 1.165) is 12.1 Å². The molecule has 0 bridgehead atoms. The highest BCUT2D eigenvalue weighted by Crippen LogP contribution is 2.41. The standard InChI is InChI=1S/C46H39Cl2F6N5O5/c47-28-9-11-32-34(42(62)56-17-13-26(14-18-56)30-5-1-3-7-36(30)45(49,50)51)23-58(38(32)21-28)25-40(60)64-44(41(55)61)59-24-35(33-12-10-29(48)22-39(33)59)43(63)57-19-15-27(16-20-57)31-6-2-4-8-37(31)46(52,53)54/h1-12,21-24,26-27,44H,13-20,25H2,(H2,55,61). The lowest BCUT2D eigenvalue weighted by atomic mass is 9.86. The number of nitrogens with zero attached hydrogens (tertiary/aromatic N) is 4. The summed E-state index contributed by atoms with van der Waals surface area (Å²) in [6.45, 7) is 0.151. The van der Waals surface area contributed by atoms with Crippen LogP contribution in [0.15, 0.2) is 97.3 Å². The summed E-state index contributed by atoms with van der Waals surface area (Å²) in [5.41, 5.74) is 5.72. The monoisotopic (exact) mass is 925 g/mol. The van der Waals surface area contributed by atoms with Crippen molar-refractivity contribution in [3.63, 3.8) is 0 Å². The summed E-state index contributed by atoms with van der Waals surface area (Å²) in [6, 6.07) is 20.1. The molecule has 2 aliphatic rings. The van der Waals surface area contributed by atoms with E-state index in [0.29, 0.717) is 34.2 Å². The first-order valence-corrected chi connectivity index (χ1v) is 21.1. The van der Waals surface area contributed by atoms with E-state index in [2.05, 4.69) is 0 Å². The molecule has 8 rings (SSSR count). The second-order valence-corrected chi connectivity index (χ2v) is 16.9. The van der Waals surface area contributed by atoms with Gasteiger partial charge in [-0.15, -0.1) is 0 Å². The molecule has 4 heterocycles. The van der Waals surface area contributed by atoms with E-state index < -0.39 is 71.8 Å². The first kappa shape index (κ1) is 44.6. The van der Waals surface area contributed by atoms with Gasteiger partial charge in [0.1, 0.15) is 6.54 Å². The van der Waals surface area contributed by atoms with E-state index in [4.69, 9.17) is 33.7 Å². The molecule has 2 N–H and O–H groups in total. The number of fused-ring (bicyclic) bond motifs is 2. The van der Waals surface area contributed by atoms with E-state index in [1.54, 1.807) is 41.3 Å². The molecule has 64 heavy (non-hydrogen) atoms. The van der Waals surface area contributed by atoms with Crippen molar-refractivity contribution in [2.75, 3.05) is 26.2 Å². The van der Waals surface area contributed by atoms with E-state index in [1.807, 2.05) is 0 Å². The Kier molecular flexibility index (Phi) is 12.2. The Balaban J connectivity index is 1.00. The summed E-state index contributed by atoms with van der Waals surface area (Å²) >= 11 is 12.7. The Morgan fingerprint density at radius 1 is 0.641 bits per heavy atom. The van der Waals surface area contributed by atoms with Crippen molar-refractivity contribution in [1.29, 1.82) is 0 Å². The first-order valence-electron chi connectivity index (χ1n) is 20.4. The molecule has 2 aromatic heterocycles. The number of likely N-dealkylation sites (tertiary alicyclic amines) is 2. The quantitative estimate of drug-likeness (QED) is 0.114. The predicted molar refractivity (Wildman–Crippen MR) is 227 cm³/mol. The van der Waals surface area contributed by atoms with Crippen molar-refractivity contribution in [2.45, 2.75) is 62.6 Å². The Hall–Kier alpha value is -6.00. The molecule has 1 unspecified atom stereocenters. The number of aromatic nitrogens is 2. The summed E-state index contributed by atoms with van der Waals surface area (Å²) in [7, 11) is 0. The van der Waals surface area contributed by atoms with Gasteiger partial charge in [-0.1, -0.05) is 71.7 Å². The molecule has 0 radical (unpaired) electrons. The minimum Gasteiger partial charge on any atom is -0.430 e. The highest BCUT2D eigenvalue weighted by Gasteiger charge is 2.38. The van der Waals surface area contributed by atoms with Crippen LogP contribution >= 0.6 is 23.2 Å². The normalized spacial score (nSPS) is 16.1. The number of benzene rings is 4. The van der Waals surface area contributed by atoms with Crippen LogP contribution in [-0.4, -0.2) is 68.8 Å². The van der Waals surface area contributed by atoms with E-state index in [-0.39, 0.29) is 71.8 Å². The fourth-order valence-corrected chi connectivity index (χ4v) is 9.39. The molecule has 2 fully saturated rings.